The Morgan fingerprint density at radius 2 is 1.81 bits per heavy atom. The van der Waals surface area contributed by atoms with Crippen LogP contribution in [0.1, 0.15) is 57.3 Å². The van der Waals surface area contributed by atoms with E-state index in [-0.39, 0.29) is 22.4 Å². The Bertz CT molecular complexity index is 536. The Morgan fingerprint density at radius 1 is 1.24 bits per heavy atom. The molecular formula is C17H24ClNO2. The van der Waals surface area contributed by atoms with Crippen molar-refractivity contribution < 1.29 is 9.90 Å². The average molecular weight is 310 g/mol. The van der Waals surface area contributed by atoms with Crippen molar-refractivity contribution in [2.75, 3.05) is 5.32 Å². The molecule has 4 heteroatoms. The Morgan fingerprint density at radius 3 is 2.33 bits per heavy atom. The van der Waals surface area contributed by atoms with Crippen molar-refractivity contribution in [3.63, 3.8) is 0 Å². The summed E-state index contributed by atoms with van der Waals surface area (Å²) >= 11 is 5.90. The number of anilines is 1. The molecule has 0 spiro atoms. The van der Waals surface area contributed by atoms with Crippen LogP contribution < -0.4 is 5.32 Å². The summed E-state index contributed by atoms with van der Waals surface area (Å²) in [5.41, 5.74) is 1.42. The number of hydrogen-bond acceptors (Lipinski definition) is 2. The number of halogens is 1. The Kier molecular flexibility index (Phi) is 4.25. The van der Waals surface area contributed by atoms with Crippen LogP contribution in [0.15, 0.2) is 18.2 Å². The average Bonchev–Trinajstić information content (AvgIpc) is 2.27. The molecule has 0 saturated heterocycles. The molecule has 0 atom stereocenters. The van der Waals surface area contributed by atoms with Gasteiger partial charge in [-0.3, -0.25) is 0 Å². The number of rotatable bonds is 3. The lowest BCUT2D eigenvalue weighted by Crippen LogP contribution is -2.40. The molecule has 0 aliphatic heterocycles. The van der Waals surface area contributed by atoms with Crippen LogP contribution in [0.25, 0.3) is 0 Å². The van der Waals surface area contributed by atoms with E-state index < -0.39 is 5.97 Å². The van der Waals surface area contributed by atoms with Gasteiger partial charge in [-0.2, -0.15) is 0 Å². The molecule has 1 aromatic rings. The van der Waals surface area contributed by atoms with Gasteiger partial charge >= 0.3 is 5.97 Å². The molecule has 1 aliphatic rings. The molecule has 0 heterocycles. The summed E-state index contributed by atoms with van der Waals surface area (Å²) < 4.78 is 0. The monoisotopic (exact) mass is 309 g/mol. The van der Waals surface area contributed by atoms with E-state index in [1.165, 1.54) is 12.5 Å². The second kappa shape index (κ2) is 5.53. The van der Waals surface area contributed by atoms with Gasteiger partial charge in [0.1, 0.15) is 0 Å². The third kappa shape index (κ3) is 4.13. The van der Waals surface area contributed by atoms with Gasteiger partial charge in [0, 0.05) is 16.8 Å². The number of hydrogen-bond donors (Lipinski definition) is 2. The van der Waals surface area contributed by atoms with E-state index in [0.717, 1.165) is 12.8 Å². The summed E-state index contributed by atoms with van der Waals surface area (Å²) in [7, 11) is 0. The lowest BCUT2D eigenvalue weighted by Gasteiger charge is -2.45. The van der Waals surface area contributed by atoms with E-state index in [0.29, 0.717) is 10.7 Å². The third-order valence-corrected chi connectivity index (χ3v) is 4.36. The summed E-state index contributed by atoms with van der Waals surface area (Å²) in [5, 5.41) is 13.2. The normalized spacial score (nSPS) is 21.0. The van der Waals surface area contributed by atoms with Crippen LogP contribution in [0.5, 0.6) is 0 Å². The zero-order valence-corrected chi connectivity index (χ0v) is 13.9. The summed E-state index contributed by atoms with van der Waals surface area (Å²) in [5.74, 6) is -0.950. The van der Waals surface area contributed by atoms with E-state index in [1.54, 1.807) is 12.1 Å². The summed E-state index contributed by atoms with van der Waals surface area (Å²) in [6.07, 6.45) is 3.26. The van der Waals surface area contributed by atoms with Gasteiger partial charge in [0.2, 0.25) is 0 Å². The largest absolute Gasteiger partial charge is 0.478 e. The molecule has 0 unspecified atom stereocenters. The molecule has 0 radical (unpaired) electrons. The van der Waals surface area contributed by atoms with E-state index in [2.05, 4.69) is 33.0 Å². The van der Waals surface area contributed by atoms with Crippen molar-refractivity contribution >= 4 is 23.3 Å². The summed E-state index contributed by atoms with van der Waals surface area (Å²) in [6.45, 7) is 9.12. The molecule has 2 rings (SSSR count). The second-order valence-electron chi connectivity index (χ2n) is 7.75. The molecule has 0 bridgehead atoms. The van der Waals surface area contributed by atoms with Crippen LogP contribution >= 0.6 is 11.6 Å². The number of nitrogens with one attached hydrogen (secondary N) is 1. The van der Waals surface area contributed by atoms with Crippen molar-refractivity contribution in [2.45, 2.75) is 53.0 Å². The maximum Gasteiger partial charge on any atom is 0.337 e. The van der Waals surface area contributed by atoms with Crippen LogP contribution in [0.2, 0.25) is 5.02 Å². The highest BCUT2D eigenvalue weighted by atomic mass is 35.5. The Hall–Kier alpha value is -1.22. The summed E-state index contributed by atoms with van der Waals surface area (Å²) in [6, 6.07) is 5.28. The van der Waals surface area contributed by atoms with Gasteiger partial charge in [-0.15, -0.1) is 0 Å². The minimum absolute atomic E-state index is 0.240. The van der Waals surface area contributed by atoms with E-state index in [4.69, 9.17) is 11.6 Å². The van der Waals surface area contributed by atoms with E-state index in [1.807, 2.05) is 0 Å². The van der Waals surface area contributed by atoms with E-state index in [9.17, 15) is 9.90 Å². The van der Waals surface area contributed by atoms with Crippen molar-refractivity contribution in [1.82, 2.24) is 0 Å². The molecular weight excluding hydrogens is 286 g/mol. The van der Waals surface area contributed by atoms with Crippen molar-refractivity contribution in [3.05, 3.63) is 28.8 Å². The highest BCUT2D eigenvalue weighted by molar-refractivity contribution is 6.31. The molecule has 1 fully saturated rings. The zero-order valence-electron chi connectivity index (χ0n) is 13.2. The fourth-order valence-electron chi connectivity index (χ4n) is 3.99. The van der Waals surface area contributed by atoms with Gasteiger partial charge in [0.05, 0.1) is 5.56 Å². The predicted octanol–water partition coefficient (Wildman–Crippen LogP) is 5.06. The summed E-state index contributed by atoms with van der Waals surface area (Å²) in [4.78, 5) is 11.4. The highest BCUT2D eigenvalue weighted by Crippen LogP contribution is 2.46. The van der Waals surface area contributed by atoms with Crippen LogP contribution in [-0.4, -0.2) is 17.1 Å². The zero-order chi connectivity index (χ0) is 15.8. The first-order valence-electron chi connectivity index (χ1n) is 7.37. The van der Waals surface area contributed by atoms with Gasteiger partial charge < -0.3 is 10.4 Å². The van der Waals surface area contributed by atoms with Gasteiger partial charge in [-0.1, -0.05) is 39.3 Å². The maximum atomic E-state index is 11.4. The maximum absolute atomic E-state index is 11.4. The predicted molar refractivity (Wildman–Crippen MR) is 87.2 cm³/mol. The number of carboxylic acid groups (broad SMARTS) is 1. The Balaban J connectivity index is 2.24. The molecule has 2 N–H and O–H groups in total. The lowest BCUT2D eigenvalue weighted by atomic mass is 9.63. The molecule has 1 aromatic carbocycles. The topological polar surface area (TPSA) is 49.3 Å². The molecule has 1 aliphatic carbocycles. The SMILES string of the molecule is CC1(C)CC(Nc2ccc(Cl)cc2C(=O)O)CC(C)(C)C1. The van der Waals surface area contributed by atoms with Gasteiger partial charge in [0.15, 0.2) is 0 Å². The van der Waals surface area contributed by atoms with E-state index >= 15 is 0 Å². The van der Waals surface area contributed by atoms with Crippen LogP contribution in [0, 0.1) is 10.8 Å². The van der Waals surface area contributed by atoms with Crippen LogP contribution in [0.4, 0.5) is 5.69 Å². The van der Waals surface area contributed by atoms with Crippen molar-refractivity contribution in [2.24, 2.45) is 10.8 Å². The molecule has 3 nitrogen and oxygen atoms in total. The van der Waals surface area contributed by atoms with Crippen LogP contribution in [-0.2, 0) is 0 Å². The fraction of sp³-hybridized carbons (Fsp3) is 0.588. The van der Waals surface area contributed by atoms with Gasteiger partial charge in [-0.25, -0.2) is 4.79 Å². The molecule has 116 valence electrons. The van der Waals surface area contributed by atoms with Crippen molar-refractivity contribution in [1.29, 1.82) is 0 Å². The standard InChI is InChI=1S/C17H24ClNO2/c1-16(2)8-12(9-17(3,4)10-16)19-14-6-5-11(18)7-13(14)15(20)21/h5-7,12,19H,8-10H2,1-4H3,(H,20,21). The quantitative estimate of drug-likeness (QED) is 0.821. The fourth-order valence-corrected chi connectivity index (χ4v) is 4.16. The van der Waals surface area contributed by atoms with Gasteiger partial charge in [0.25, 0.3) is 0 Å². The van der Waals surface area contributed by atoms with Crippen LogP contribution in [0.3, 0.4) is 0 Å². The molecule has 21 heavy (non-hydrogen) atoms. The first-order chi connectivity index (χ1) is 9.58. The number of benzene rings is 1. The van der Waals surface area contributed by atoms with Crippen molar-refractivity contribution in [3.8, 4) is 0 Å². The lowest BCUT2D eigenvalue weighted by molar-refractivity contribution is 0.0697. The molecule has 0 aromatic heterocycles. The number of aromatic carboxylic acids is 1. The van der Waals surface area contributed by atoms with Gasteiger partial charge in [-0.05, 0) is 48.3 Å². The third-order valence-electron chi connectivity index (χ3n) is 4.13. The molecule has 0 amide bonds. The highest BCUT2D eigenvalue weighted by Gasteiger charge is 2.38. The smallest absolute Gasteiger partial charge is 0.337 e. The first kappa shape index (κ1) is 16.2. The minimum Gasteiger partial charge on any atom is -0.478 e. The molecule has 1 saturated carbocycles. The Labute approximate surface area is 131 Å². The number of carbonyl (C=O) groups is 1. The second-order valence-corrected chi connectivity index (χ2v) is 8.19. The first-order valence-corrected chi connectivity index (χ1v) is 7.75. The minimum atomic E-state index is -0.950. The number of carboxylic acids is 1.